The van der Waals surface area contributed by atoms with Gasteiger partial charge in [-0.15, -0.1) is 0 Å². The van der Waals surface area contributed by atoms with Gasteiger partial charge in [0.05, 0.1) is 0 Å². The van der Waals surface area contributed by atoms with Gasteiger partial charge in [0.2, 0.25) is 0 Å². The minimum atomic E-state index is 0.383. The van der Waals surface area contributed by atoms with Gasteiger partial charge >= 0.3 is 0 Å². The lowest BCUT2D eigenvalue weighted by molar-refractivity contribution is 0.163. The maximum atomic E-state index is 9.47. The molecular formula is C11H18O. The smallest absolute Gasteiger partial charge is 0.0495 e. The molecule has 1 N–H and O–H groups in total. The van der Waals surface area contributed by atoms with Gasteiger partial charge in [0, 0.05) is 12.0 Å². The van der Waals surface area contributed by atoms with Gasteiger partial charge in [0.1, 0.15) is 0 Å². The fourth-order valence-electron chi connectivity index (χ4n) is 4.58. The van der Waals surface area contributed by atoms with Crippen molar-refractivity contribution in [2.24, 2.45) is 34.5 Å². The van der Waals surface area contributed by atoms with E-state index in [1.165, 1.54) is 6.42 Å². The summed E-state index contributed by atoms with van der Waals surface area (Å²) in [5.41, 5.74) is 0.943. The molecule has 0 radical (unpaired) electrons. The first-order valence-corrected chi connectivity index (χ1v) is 5.17. The normalized spacial score (nSPS) is 64.0. The molecule has 0 bridgehead atoms. The van der Waals surface area contributed by atoms with Crippen LogP contribution in [0.15, 0.2) is 0 Å². The van der Waals surface area contributed by atoms with Gasteiger partial charge in [-0.1, -0.05) is 20.8 Å². The van der Waals surface area contributed by atoms with Crippen molar-refractivity contribution in [1.82, 2.24) is 0 Å². The van der Waals surface area contributed by atoms with Crippen molar-refractivity contribution in [2.75, 3.05) is 6.61 Å². The molecule has 3 aliphatic rings. The lowest BCUT2D eigenvalue weighted by Crippen LogP contribution is -2.16. The van der Waals surface area contributed by atoms with E-state index >= 15 is 0 Å². The van der Waals surface area contributed by atoms with E-state index in [0.29, 0.717) is 17.4 Å². The average Bonchev–Trinajstić information content (AvgIpc) is 2.72. The van der Waals surface area contributed by atoms with Crippen molar-refractivity contribution < 1.29 is 5.11 Å². The molecule has 1 heteroatoms. The Labute approximate surface area is 74.2 Å². The Morgan fingerprint density at radius 1 is 1.33 bits per heavy atom. The molecular weight excluding hydrogens is 148 g/mol. The van der Waals surface area contributed by atoms with Crippen LogP contribution < -0.4 is 0 Å². The first-order valence-electron chi connectivity index (χ1n) is 5.17. The first kappa shape index (κ1) is 7.37. The summed E-state index contributed by atoms with van der Waals surface area (Å²) in [6.45, 7) is 7.52. The van der Waals surface area contributed by atoms with E-state index in [4.69, 9.17) is 0 Å². The van der Waals surface area contributed by atoms with Crippen LogP contribution in [0.4, 0.5) is 0 Å². The molecule has 3 rings (SSSR count). The van der Waals surface area contributed by atoms with Crippen molar-refractivity contribution in [3.63, 3.8) is 0 Å². The van der Waals surface area contributed by atoms with Gasteiger partial charge < -0.3 is 5.11 Å². The summed E-state index contributed by atoms with van der Waals surface area (Å²) in [6, 6.07) is 0. The van der Waals surface area contributed by atoms with E-state index in [2.05, 4.69) is 20.8 Å². The van der Waals surface area contributed by atoms with Crippen molar-refractivity contribution >= 4 is 0 Å². The van der Waals surface area contributed by atoms with E-state index in [0.717, 1.165) is 23.7 Å². The fourth-order valence-corrected chi connectivity index (χ4v) is 4.58. The summed E-state index contributed by atoms with van der Waals surface area (Å²) in [5, 5.41) is 9.47. The molecule has 0 aliphatic heterocycles. The van der Waals surface area contributed by atoms with Gasteiger partial charge in [-0.2, -0.15) is 0 Å². The van der Waals surface area contributed by atoms with Gasteiger partial charge in [-0.3, -0.25) is 0 Å². The molecule has 3 saturated carbocycles. The largest absolute Gasteiger partial charge is 0.396 e. The van der Waals surface area contributed by atoms with Gasteiger partial charge in [0.15, 0.2) is 0 Å². The Morgan fingerprint density at radius 3 is 2.50 bits per heavy atom. The third-order valence-corrected chi connectivity index (χ3v) is 5.44. The van der Waals surface area contributed by atoms with E-state index in [9.17, 15) is 5.11 Å². The summed E-state index contributed by atoms with van der Waals surface area (Å²) in [4.78, 5) is 0. The van der Waals surface area contributed by atoms with E-state index < -0.39 is 0 Å². The van der Waals surface area contributed by atoms with Crippen molar-refractivity contribution in [3.8, 4) is 0 Å². The van der Waals surface area contributed by atoms with E-state index in [1.807, 2.05) is 0 Å². The quantitative estimate of drug-likeness (QED) is 0.631. The topological polar surface area (TPSA) is 20.2 Å². The minimum Gasteiger partial charge on any atom is -0.396 e. The van der Waals surface area contributed by atoms with Crippen LogP contribution in [0.25, 0.3) is 0 Å². The van der Waals surface area contributed by atoms with Crippen LogP contribution >= 0.6 is 0 Å². The van der Waals surface area contributed by atoms with Crippen LogP contribution in [-0.2, 0) is 0 Å². The summed E-state index contributed by atoms with van der Waals surface area (Å²) >= 11 is 0. The van der Waals surface area contributed by atoms with Crippen LogP contribution in [0.3, 0.4) is 0 Å². The van der Waals surface area contributed by atoms with Crippen molar-refractivity contribution in [1.29, 1.82) is 0 Å². The molecule has 0 aromatic carbocycles. The average molecular weight is 166 g/mol. The second kappa shape index (κ2) is 1.61. The van der Waals surface area contributed by atoms with Crippen LogP contribution in [0.1, 0.15) is 27.2 Å². The predicted octanol–water partition coefficient (Wildman–Crippen LogP) is 1.91. The highest BCUT2D eigenvalue weighted by Crippen LogP contribution is 2.86. The highest BCUT2D eigenvalue weighted by molar-refractivity contribution is 5.30. The maximum Gasteiger partial charge on any atom is 0.0495 e. The van der Waals surface area contributed by atoms with Gasteiger partial charge in [0.25, 0.3) is 0 Å². The van der Waals surface area contributed by atoms with E-state index in [-0.39, 0.29) is 0 Å². The maximum absolute atomic E-state index is 9.47. The minimum absolute atomic E-state index is 0.383. The summed E-state index contributed by atoms with van der Waals surface area (Å²) in [5.74, 6) is 3.50. The van der Waals surface area contributed by atoms with Crippen LogP contribution in [0.5, 0.6) is 0 Å². The van der Waals surface area contributed by atoms with Gasteiger partial charge in [-0.05, 0) is 35.5 Å². The number of aliphatic hydroxyl groups excluding tert-OH is 1. The number of aliphatic hydroxyl groups is 1. The van der Waals surface area contributed by atoms with E-state index in [1.54, 1.807) is 0 Å². The fraction of sp³-hybridized carbons (Fsp3) is 1.00. The van der Waals surface area contributed by atoms with Crippen LogP contribution in [0.2, 0.25) is 0 Å². The zero-order valence-electron chi connectivity index (χ0n) is 8.17. The predicted molar refractivity (Wildman–Crippen MR) is 47.6 cm³/mol. The lowest BCUT2D eigenvalue weighted by Gasteiger charge is -2.15. The zero-order chi connectivity index (χ0) is 8.72. The molecule has 0 aromatic rings. The molecule has 5 unspecified atom stereocenters. The Kier molecular flexibility index (Phi) is 0.991. The number of rotatable bonds is 1. The first-order chi connectivity index (χ1) is 5.56. The molecule has 0 amide bonds. The highest BCUT2D eigenvalue weighted by atomic mass is 16.3. The Balaban J connectivity index is 1.94. The molecule has 3 aliphatic carbocycles. The molecule has 0 saturated heterocycles. The standard InChI is InChI=1S/C11H18O/c1-6-7-4-8-9(10(8,2)3)11(6,7)5-12/h6-9,12H,4-5H2,1-3H3. The Morgan fingerprint density at radius 2 is 2.00 bits per heavy atom. The van der Waals surface area contributed by atoms with Crippen molar-refractivity contribution in [3.05, 3.63) is 0 Å². The van der Waals surface area contributed by atoms with Crippen LogP contribution in [0, 0.1) is 34.5 Å². The molecule has 3 fully saturated rings. The van der Waals surface area contributed by atoms with Crippen molar-refractivity contribution in [2.45, 2.75) is 27.2 Å². The third-order valence-electron chi connectivity index (χ3n) is 5.44. The lowest BCUT2D eigenvalue weighted by atomic mass is 9.91. The number of hydrogen-bond acceptors (Lipinski definition) is 1. The molecule has 68 valence electrons. The molecule has 5 atom stereocenters. The summed E-state index contributed by atoms with van der Waals surface area (Å²) in [6.07, 6.45) is 1.40. The molecule has 1 nitrogen and oxygen atoms in total. The zero-order valence-corrected chi connectivity index (χ0v) is 8.17. The molecule has 0 aromatic heterocycles. The second-order valence-electron chi connectivity index (χ2n) is 5.81. The monoisotopic (exact) mass is 166 g/mol. The van der Waals surface area contributed by atoms with Crippen LogP contribution in [-0.4, -0.2) is 11.7 Å². The Hall–Kier alpha value is -0.0400. The third kappa shape index (κ3) is 0.477. The Bertz CT molecular complexity index is 245. The molecule has 0 spiro atoms. The number of fused-ring (bicyclic) bond motifs is 3. The summed E-state index contributed by atoms with van der Waals surface area (Å²) in [7, 11) is 0. The number of hydrogen-bond donors (Lipinski definition) is 1. The molecule has 0 heterocycles. The summed E-state index contributed by atoms with van der Waals surface area (Å²) < 4.78 is 0. The molecule has 12 heavy (non-hydrogen) atoms. The second-order valence-corrected chi connectivity index (χ2v) is 5.81. The SMILES string of the molecule is CC1C2CC3C(C3(C)C)C12CO. The van der Waals surface area contributed by atoms with Gasteiger partial charge in [-0.25, -0.2) is 0 Å². The highest BCUT2D eigenvalue weighted by Gasteiger charge is 2.83.